The van der Waals surface area contributed by atoms with Crippen molar-refractivity contribution in [2.45, 2.75) is 46.1 Å². The lowest BCUT2D eigenvalue weighted by atomic mass is 10.0. The lowest BCUT2D eigenvalue weighted by molar-refractivity contribution is 0.258. The molecule has 0 amide bonds. The Labute approximate surface area is 83.5 Å². The van der Waals surface area contributed by atoms with E-state index in [1.165, 1.54) is 13.0 Å². The molecule has 0 rings (SSSR count). The zero-order valence-corrected chi connectivity index (χ0v) is 9.93. The van der Waals surface area contributed by atoms with Crippen LogP contribution in [0.1, 0.15) is 40.5 Å². The lowest BCUT2D eigenvalue weighted by Crippen LogP contribution is -2.37. The Morgan fingerprint density at radius 2 is 1.92 bits per heavy atom. The average Bonchev–Trinajstić information content (AvgIpc) is 1.99. The maximum Gasteiger partial charge on any atom is 0.0109 e. The normalized spacial score (nSPS) is 15.0. The molecule has 0 aromatic carbocycles. The maximum absolute atomic E-state index is 5.92. The summed E-state index contributed by atoms with van der Waals surface area (Å²) in [6, 6.07) is 0. The molecule has 0 aromatic heterocycles. The zero-order valence-electron chi connectivity index (χ0n) is 9.93. The molecule has 0 heterocycles. The Morgan fingerprint density at radius 1 is 1.38 bits per heavy atom. The Balaban J connectivity index is 3.57. The van der Waals surface area contributed by atoms with E-state index in [0.717, 1.165) is 18.9 Å². The molecule has 2 heteroatoms. The third-order valence-corrected chi connectivity index (χ3v) is 2.46. The van der Waals surface area contributed by atoms with Crippen molar-refractivity contribution in [3.05, 3.63) is 0 Å². The molecule has 2 nitrogen and oxygen atoms in total. The first-order valence-electron chi connectivity index (χ1n) is 5.32. The van der Waals surface area contributed by atoms with Crippen LogP contribution in [0.15, 0.2) is 0 Å². The molecule has 0 radical (unpaired) electrons. The molecule has 0 aliphatic heterocycles. The molecule has 80 valence electrons. The SMILES string of the molecule is CCC(C)CN(C)CCC(C)(C)N. The average molecular weight is 186 g/mol. The highest BCUT2D eigenvalue weighted by Crippen LogP contribution is 2.07. The van der Waals surface area contributed by atoms with Crippen LogP contribution in [0, 0.1) is 5.92 Å². The number of hydrogen-bond donors (Lipinski definition) is 1. The first-order chi connectivity index (χ1) is 5.85. The van der Waals surface area contributed by atoms with Crippen molar-refractivity contribution in [1.29, 1.82) is 0 Å². The second-order valence-corrected chi connectivity index (χ2v) is 5.01. The fourth-order valence-corrected chi connectivity index (χ4v) is 1.23. The minimum Gasteiger partial charge on any atom is -0.326 e. The van der Waals surface area contributed by atoms with Gasteiger partial charge in [-0.1, -0.05) is 20.3 Å². The van der Waals surface area contributed by atoms with E-state index >= 15 is 0 Å². The molecule has 1 unspecified atom stereocenters. The minimum absolute atomic E-state index is 0.0241. The molecule has 0 bridgehead atoms. The van der Waals surface area contributed by atoms with Crippen molar-refractivity contribution in [3.8, 4) is 0 Å². The summed E-state index contributed by atoms with van der Waals surface area (Å²) >= 11 is 0. The van der Waals surface area contributed by atoms with E-state index in [9.17, 15) is 0 Å². The van der Waals surface area contributed by atoms with Crippen molar-refractivity contribution < 1.29 is 0 Å². The molecule has 0 aliphatic rings. The van der Waals surface area contributed by atoms with E-state index in [4.69, 9.17) is 5.73 Å². The largest absolute Gasteiger partial charge is 0.326 e. The minimum atomic E-state index is -0.0241. The van der Waals surface area contributed by atoms with Gasteiger partial charge in [0.2, 0.25) is 0 Å². The summed E-state index contributed by atoms with van der Waals surface area (Å²) in [6.07, 6.45) is 2.33. The van der Waals surface area contributed by atoms with Gasteiger partial charge in [0.1, 0.15) is 0 Å². The van der Waals surface area contributed by atoms with Crippen molar-refractivity contribution >= 4 is 0 Å². The summed E-state index contributed by atoms with van der Waals surface area (Å²) < 4.78 is 0. The number of rotatable bonds is 6. The van der Waals surface area contributed by atoms with Crippen LogP contribution in [0.5, 0.6) is 0 Å². The first kappa shape index (κ1) is 12.9. The van der Waals surface area contributed by atoms with Crippen molar-refractivity contribution in [2.75, 3.05) is 20.1 Å². The Hall–Kier alpha value is -0.0800. The van der Waals surface area contributed by atoms with Gasteiger partial charge in [0.25, 0.3) is 0 Å². The van der Waals surface area contributed by atoms with Gasteiger partial charge >= 0.3 is 0 Å². The highest BCUT2D eigenvalue weighted by atomic mass is 15.1. The number of nitrogens with two attached hydrogens (primary N) is 1. The van der Waals surface area contributed by atoms with Gasteiger partial charge in [-0.2, -0.15) is 0 Å². The predicted molar refractivity (Wildman–Crippen MR) is 59.8 cm³/mol. The number of nitrogens with zero attached hydrogens (tertiary/aromatic N) is 1. The molecule has 0 fully saturated rings. The zero-order chi connectivity index (χ0) is 10.5. The quantitative estimate of drug-likeness (QED) is 0.688. The third kappa shape index (κ3) is 8.26. The van der Waals surface area contributed by atoms with Crippen molar-refractivity contribution in [1.82, 2.24) is 4.90 Å². The Bertz CT molecular complexity index is 127. The van der Waals surface area contributed by atoms with Crippen molar-refractivity contribution in [3.63, 3.8) is 0 Å². The van der Waals surface area contributed by atoms with Crippen LogP contribution >= 0.6 is 0 Å². The van der Waals surface area contributed by atoms with Gasteiger partial charge < -0.3 is 10.6 Å². The van der Waals surface area contributed by atoms with E-state index in [0.29, 0.717) is 0 Å². The highest BCUT2D eigenvalue weighted by molar-refractivity contribution is 4.73. The van der Waals surface area contributed by atoms with Gasteiger partial charge in [0, 0.05) is 12.1 Å². The van der Waals surface area contributed by atoms with Gasteiger partial charge in [-0.25, -0.2) is 0 Å². The Kier molecular flexibility index (Phi) is 5.57. The van der Waals surface area contributed by atoms with E-state index in [-0.39, 0.29) is 5.54 Å². The van der Waals surface area contributed by atoms with Crippen LogP contribution in [-0.4, -0.2) is 30.6 Å². The van der Waals surface area contributed by atoms with Gasteiger partial charge in [0.15, 0.2) is 0 Å². The van der Waals surface area contributed by atoms with Gasteiger partial charge in [0.05, 0.1) is 0 Å². The predicted octanol–water partition coefficient (Wildman–Crippen LogP) is 2.09. The molecule has 0 spiro atoms. The summed E-state index contributed by atoms with van der Waals surface area (Å²) in [5, 5.41) is 0. The van der Waals surface area contributed by atoms with Crippen LogP contribution in [0.2, 0.25) is 0 Å². The topological polar surface area (TPSA) is 29.3 Å². The fourth-order valence-electron chi connectivity index (χ4n) is 1.23. The molecule has 0 saturated carbocycles. The van der Waals surface area contributed by atoms with E-state index in [2.05, 4.69) is 39.6 Å². The third-order valence-electron chi connectivity index (χ3n) is 2.46. The van der Waals surface area contributed by atoms with E-state index in [1.807, 2.05) is 0 Å². The molecular weight excluding hydrogens is 160 g/mol. The maximum atomic E-state index is 5.92. The summed E-state index contributed by atoms with van der Waals surface area (Å²) in [4.78, 5) is 2.38. The fraction of sp³-hybridized carbons (Fsp3) is 1.00. The summed E-state index contributed by atoms with van der Waals surface area (Å²) in [6.45, 7) is 11.0. The van der Waals surface area contributed by atoms with E-state index < -0.39 is 0 Å². The van der Waals surface area contributed by atoms with Crippen LogP contribution in [0.25, 0.3) is 0 Å². The lowest BCUT2D eigenvalue weighted by Gasteiger charge is -2.25. The van der Waals surface area contributed by atoms with Crippen LogP contribution in [-0.2, 0) is 0 Å². The summed E-state index contributed by atoms with van der Waals surface area (Å²) in [5.74, 6) is 0.797. The molecule has 13 heavy (non-hydrogen) atoms. The highest BCUT2D eigenvalue weighted by Gasteiger charge is 2.12. The first-order valence-corrected chi connectivity index (χ1v) is 5.32. The van der Waals surface area contributed by atoms with Crippen LogP contribution in [0.3, 0.4) is 0 Å². The summed E-state index contributed by atoms with van der Waals surface area (Å²) in [5.41, 5.74) is 5.90. The van der Waals surface area contributed by atoms with Crippen LogP contribution < -0.4 is 5.73 Å². The van der Waals surface area contributed by atoms with E-state index in [1.54, 1.807) is 0 Å². The smallest absolute Gasteiger partial charge is 0.0109 e. The molecular formula is C11H26N2. The van der Waals surface area contributed by atoms with Crippen LogP contribution in [0.4, 0.5) is 0 Å². The number of hydrogen-bond acceptors (Lipinski definition) is 2. The van der Waals surface area contributed by atoms with Crippen molar-refractivity contribution in [2.24, 2.45) is 11.7 Å². The standard InChI is InChI=1S/C11H26N2/c1-6-10(2)9-13(5)8-7-11(3,4)12/h10H,6-9,12H2,1-5H3. The second kappa shape index (κ2) is 5.61. The van der Waals surface area contributed by atoms with Gasteiger partial charge in [-0.05, 0) is 39.8 Å². The molecule has 1 atom stereocenters. The Morgan fingerprint density at radius 3 is 2.31 bits per heavy atom. The van der Waals surface area contributed by atoms with Gasteiger partial charge in [-0.3, -0.25) is 0 Å². The van der Waals surface area contributed by atoms with Gasteiger partial charge in [-0.15, -0.1) is 0 Å². The second-order valence-electron chi connectivity index (χ2n) is 5.01. The molecule has 2 N–H and O–H groups in total. The molecule has 0 aromatic rings. The molecule has 0 aliphatic carbocycles. The summed E-state index contributed by atoms with van der Waals surface area (Å²) in [7, 11) is 2.18. The monoisotopic (exact) mass is 186 g/mol. The molecule has 0 saturated heterocycles.